The van der Waals surface area contributed by atoms with Crippen LogP contribution in [0, 0.1) is 12.3 Å². The third-order valence-corrected chi connectivity index (χ3v) is 5.93. The van der Waals surface area contributed by atoms with Crippen LogP contribution in [0.5, 0.6) is 0 Å². The molecule has 0 aliphatic carbocycles. The van der Waals surface area contributed by atoms with Crippen molar-refractivity contribution in [3.8, 4) is 0 Å². The van der Waals surface area contributed by atoms with Gasteiger partial charge in [-0.05, 0) is 36.8 Å². The molecule has 132 valence electrons. The van der Waals surface area contributed by atoms with Crippen molar-refractivity contribution in [2.75, 3.05) is 40.0 Å². The number of ether oxygens (including phenoxy) is 2. The zero-order valence-electron chi connectivity index (χ0n) is 14.2. The highest BCUT2D eigenvalue weighted by molar-refractivity contribution is 7.12. The van der Waals surface area contributed by atoms with Crippen LogP contribution >= 0.6 is 11.3 Å². The number of amides is 2. The van der Waals surface area contributed by atoms with Crippen molar-refractivity contribution in [2.45, 2.75) is 25.9 Å². The number of rotatable bonds is 5. The highest BCUT2D eigenvalue weighted by Gasteiger charge is 2.54. The maximum Gasteiger partial charge on any atom is 0.263 e. The van der Waals surface area contributed by atoms with E-state index >= 15 is 0 Å². The first kappa shape index (κ1) is 17.4. The maximum atomic E-state index is 12.8. The van der Waals surface area contributed by atoms with E-state index in [1.165, 1.54) is 11.3 Å². The first-order valence-corrected chi connectivity index (χ1v) is 9.18. The normalized spacial score (nSPS) is 26.2. The number of aryl methyl sites for hydroxylation is 1. The molecule has 0 aromatic carbocycles. The van der Waals surface area contributed by atoms with Crippen molar-refractivity contribution in [3.05, 3.63) is 21.9 Å². The summed E-state index contributed by atoms with van der Waals surface area (Å²) in [5.74, 6) is -0.00979. The number of nitrogens with one attached hydrogen (secondary N) is 1. The number of thiophene rings is 1. The van der Waals surface area contributed by atoms with E-state index in [1.54, 1.807) is 7.11 Å². The van der Waals surface area contributed by atoms with Crippen molar-refractivity contribution in [2.24, 2.45) is 5.41 Å². The fourth-order valence-corrected chi connectivity index (χ4v) is 4.45. The summed E-state index contributed by atoms with van der Waals surface area (Å²) < 4.78 is 10.8. The summed E-state index contributed by atoms with van der Waals surface area (Å²) in [4.78, 5) is 28.1. The zero-order valence-corrected chi connectivity index (χ0v) is 15.0. The summed E-state index contributed by atoms with van der Waals surface area (Å²) in [6, 6.07) is 1.91. The van der Waals surface area contributed by atoms with Crippen molar-refractivity contribution in [3.63, 3.8) is 0 Å². The minimum absolute atomic E-state index is 0.0162. The monoisotopic (exact) mass is 352 g/mol. The lowest BCUT2D eigenvalue weighted by Gasteiger charge is -2.42. The summed E-state index contributed by atoms with van der Waals surface area (Å²) in [6.07, 6.45) is 1.26. The van der Waals surface area contributed by atoms with Gasteiger partial charge in [-0.15, -0.1) is 11.3 Å². The van der Waals surface area contributed by atoms with Crippen molar-refractivity contribution in [1.82, 2.24) is 10.2 Å². The van der Waals surface area contributed by atoms with Crippen LogP contribution in [0.3, 0.4) is 0 Å². The van der Waals surface area contributed by atoms with E-state index in [2.05, 4.69) is 5.32 Å². The average molecular weight is 352 g/mol. The number of nitrogens with zero attached hydrogens (tertiary/aromatic N) is 1. The molecule has 3 rings (SSSR count). The van der Waals surface area contributed by atoms with Crippen molar-refractivity contribution < 1.29 is 19.1 Å². The molecule has 2 aliphatic rings. The number of methoxy groups -OCH3 is 1. The molecule has 3 heterocycles. The number of fused-ring (bicyclic) bond motifs is 1. The molecule has 0 saturated carbocycles. The second-order valence-corrected chi connectivity index (χ2v) is 7.43. The lowest BCUT2D eigenvalue weighted by atomic mass is 9.75. The van der Waals surface area contributed by atoms with E-state index in [9.17, 15) is 9.59 Å². The molecule has 6 nitrogen and oxygen atoms in total. The van der Waals surface area contributed by atoms with Gasteiger partial charge in [-0.1, -0.05) is 0 Å². The molecular formula is C17H24N2O4S. The van der Waals surface area contributed by atoms with Crippen LogP contribution < -0.4 is 5.32 Å². The molecule has 0 unspecified atom stereocenters. The Morgan fingerprint density at radius 1 is 1.54 bits per heavy atom. The van der Waals surface area contributed by atoms with Crippen molar-refractivity contribution in [1.29, 1.82) is 0 Å². The molecule has 2 fully saturated rings. The van der Waals surface area contributed by atoms with E-state index in [4.69, 9.17) is 9.47 Å². The van der Waals surface area contributed by atoms with Gasteiger partial charge in [0.2, 0.25) is 5.91 Å². The fraction of sp³-hybridized carbons (Fsp3) is 0.647. The van der Waals surface area contributed by atoms with Gasteiger partial charge >= 0.3 is 0 Å². The Bertz CT molecular complexity index is 617. The molecule has 0 radical (unpaired) electrons. The van der Waals surface area contributed by atoms with Crippen LogP contribution in [-0.2, 0) is 14.3 Å². The van der Waals surface area contributed by atoms with E-state index in [-0.39, 0.29) is 17.9 Å². The minimum Gasteiger partial charge on any atom is -0.383 e. The number of likely N-dealkylation sites (tertiary alicyclic amines) is 1. The predicted octanol–water partition coefficient (Wildman–Crippen LogP) is 1.44. The summed E-state index contributed by atoms with van der Waals surface area (Å²) in [6.45, 7) is 4.56. The topological polar surface area (TPSA) is 67.9 Å². The molecule has 2 atom stereocenters. The predicted molar refractivity (Wildman–Crippen MR) is 91.3 cm³/mol. The smallest absolute Gasteiger partial charge is 0.263 e. The Hall–Kier alpha value is -1.44. The largest absolute Gasteiger partial charge is 0.383 e. The Morgan fingerprint density at radius 2 is 2.38 bits per heavy atom. The van der Waals surface area contributed by atoms with E-state index in [0.29, 0.717) is 45.7 Å². The number of carbonyl (C=O) groups excluding carboxylic acids is 2. The van der Waals surface area contributed by atoms with Gasteiger partial charge < -0.3 is 19.7 Å². The molecule has 1 N–H and O–H groups in total. The second kappa shape index (κ2) is 7.21. The van der Waals surface area contributed by atoms with Crippen LogP contribution in [0.1, 0.15) is 28.1 Å². The van der Waals surface area contributed by atoms with Gasteiger partial charge in [0.1, 0.15) is 0 Å². The van der Waals surface area contributed by atoms with Gasteiger partial charge in [0.05, 0.1) is 23.0 Å². The lowest BCUT2D eigenvalue weighted by molar-refractivity contribution is -0.138. The summed E-state index contributed by atoms with van der Waals surface area (Å²) in [7, 11) is 1.61. The highest BCUT2D eigenvalue weighted by Crippen LogP contribution is 2.41. The first-order valence-electron chi connectivity index (χ1n) is 8.30. The Morgan fingerprint density at radius 3 is 3.08 bits per heavy atom. The third-order valence-electron chi connectivity index (χ3n) is 4.89. The summed E-state index contributed by atoms with van der Waals surface area (Å²) in [5.41, 5.74) is 0.461. The molecular weight excluding hydrogens is 328 g/mol. The summed E-state index contributed by atoms with van der Waals surface area (Å²) >= 11 is 1.46. The molecule has 24 heavy (non-hydrogen) atoms. The molecule has 0 spiro atoms. The molecule has 1 aromatic heterocycles. The molecule has 2 saturated heterocycles. The van der Waals surface area contributed by atoms with Gasteiger partial charge in [0.25, 0.3) is 5.91 Å². The number of hydrogen-bond donors (Lipinski definition) is 1. The van der Waals surface area contributed by atoms with Gasteiger partial charge in [-0.3, -0.25) is 9.59 Å². The van der Waals surface area contributed by atoms with E-state index < -0.39 is 5.41 Å². The van der Waals surface area contributed by atoms with E-state index in [0.717, 1.165) is 10.4 Å². The summed E-state index contributed by atoms with van der Waals surface area (Å²) in [5, 5.41) is 4.92. The van der Waals surface area contributed by atoms with Gasteiger partial charge in [0.15, 0.2) is 0 Å². The number of carbonyl (C=O) groups is 2. The van der Waals surface area contributed by atoms with Crippen LogP contribution in [0.2, 0.25) is 0 Å². The van der Waals surface area contributed by atoms with Crippen LogP contribution in [0.15, 0.2) is 11.4 Å². The fourth-order valence-electron chi connectivity index (χ4n) is 3.58. The Labute approximate surface area is 146 Å². The Balaban J connectivity index is 1.74. The number of hydrogen-bond acceptors (Lipinski definition) is 5. The van der Waals surface area contributed by atoms with Gasteiger partial charge in [0, 0.05) is 33.4 Å². The van der Waals surface area contributed by atoms with Gasteiger partial charge in [-0.25, -0.2) is 0 Å². The Kier molecular flexibility index (Phi) is 5.22. The van der Waals surface area contributed by atoms with Crippen LogP contribution in [-0.4, -0.2) is 62.8 Å². The molecule has 2 amide bonds. The first-order chi connectivity index (χ1) is 11.6. The second-order valence-electron chi connectivity index (χ2n) is 6.52. The van der Waals surface area contributed by atoms with Gasteiger partial charge in [-0.2, -0.15) is 0 Å². The molecule has 2 aliphatic heterocycles. The number of piperidine rings is 1. The maximum absolute atomic E-state index is 12.8. The molecule has 0 bridgehead atoms. The standard InChI is InChI=1S/C17H24N2O4S/c1-12-9-13(24-10-12)15(20)19-6-3-14-17(11-19,4-7-23-14)16(21)18-5-8-22-2/h9-10,14H,3-8,11H2,1-2H3,(H,18,21)/t14-,17-/m1/s1. The van der Waals surface area contributed by atoms with Crippen LogP contribution in [0.4, 0.5) is 0 Å². The highest BCUT2D eigenvalue weighted by atomic mass is 32.1. The SMILES string of the molecule is COCCNC(=O)[C@@]12CCO[C@@H]1CCN(C(=O)c1cc(C)cs1)C2. The minimum atomic E-state index is -0.631. The van der Waals surface area contributed by atoms with E-state index in [1.807, 2.05) is 23.3 Å². The lowest BCUT2D eigenvalue weighted by Crippen LogP contribution is -2.58. The average Bonchev–Trinajstić information content (AvgIpc) is 3.20. The molecule has 7 heteroatoms. The third kappa shape index (κ3) is 3.20. The quantitative estimate of drug-likeness (QED) is 0.815. The zero-order chi connectivity index (χ0) is 17.2. The molecule has 1 aromatic rings. The van der Waals surface area contributed by atoms with Crippen molar-refractivity contribution >= 4 is 23.2 Å². The van der Waals surface area contributed by atoms with Crippen LogP contribution in [0.25, 0.3) is 0 Å².